The van der Waals surface area contributed by atoms with E-state index in [-0.39, 0.29) is 5.92 Å². The van der Waals surface area contributed by atoms with E-state index < -0.39 is 0 Å². The summed E-state index contributed by atoms with van der Waals surface area (Å²) in [6.07, 6.45) is 4.25. The van der Waals surface area contributed by atoms with Gasteiger partial charge in [0.25, 0.3) is 0 Å². The molecule has 15 heavy (non-hydrogen) atoms. The van der Waals surface area contributed by atoms with Crippen LogP contribution in [0.1, 0.15) is 46.5 Å². The number of carbonyl (C=O) groups excluding carboxylic acids is 1. The molecule has 0 bridgehead atoms. The second-order valence-corrected chi connectivity index (χ2v) is 5.35. The van der Waals surface area contributed by atoms with E-state index >= 15 is 0 Å². The molecular formula is C13H25NO. The van der Waals surface area contributed by atoms with Crippen LogP contribution in [0.3, 0.4) is 0 Å². The molecule has 0 amide bonds. The quantitative estimate of drug-likeness (QED) is 0.776. The number of ketones is 1. The molecule has 1 aliphatic carbocycles. The van der Waals surface area contributed by atoms with Gasteiger partial charge in [-0.25, -0.2) is 0 Å². The average molecular weight is 211 g/mol. The summed E-state index contributed by atoms with van der Waals surface area (Å²) in [4.78, 5) is 12.1. The molecule has 0 saturated heterocycles. The van der Waals surface area contributed by atoms with Crippen LogP contribution in [0, 0.1) is 23.7 Å². The molecule has 0 aromatic rings. The van der Waals surface area contributed by atoms with Crippen LogP contribution in [-0.4, -0.2) is 12.3 Å². The summed E-state index contributed by atoms with van der Waals surface area (Å²) >= 11 is 0. The highest BCUT2D eigenvalue weighted by atomic mass is 16.1. The first-order valence-electron chi connectivity index (χ1n) is 6.30. The van der Waals surface area contributed by atoms with Crippen molar-refractivity contribution in [3.8, 4) is 0 Å². The summed E-state index contributed by atoms with van der Waals surface area (Å²) in [6.45, 7) is 7.23. The molecule has 0 heterocycles. The van der Waals surface area contributed by atoms with E-state index in [1.807, 2.05) is 6.92 Å². The summed E-state index contributed by atoms with van der Waals surface area (Å²) in [7, 11) is 0. The molecule has 2 N–H and O–H groups in total. The number of Topliss-reactive ketones (excluding diaryl/α,β-unsaturated/α-hetero) is 1. The van der Waals surface area contributed by atoms with Crippen LogP contribution in [0.5, 0.6) is 0 Å². The molecule has 4 unspecified atom stereocenters. The maximum Gasteiger partial charge on any atom is 0.138 e. The van der Waals surface area contributed by atoms with Gasteiger partial charge in [0.1, 0.15) is 5.78 Å². The average Bonchev–Trinajstić information content (AvgIpc) is 2.21. The number of rotatable bonds is 4. The van der Waals surface area contributed by atoms with Crippen molar-refractivity contribution in [3.05, 3.63) is 0 Å². The largest absolute Gasteiger partial charge is 0.330 e. The van der Waals surface area contributed by atoms with E-state index in [4.69, 9.17) is 5.73 Å². The maximum atomic E-state index is 12.1. The maximum absolute atomic E-state index is 12.1. The van der Waals surface area contributed by atoms with Crippen LogP contribution in [0.2, 0.25) is 0 Å². The lowest BCUT2D eigenvalue weighted by molar-refractivity contribution is -0.128. The van der Waals surface area contributed by atoms with Gasteiger partial charge in [-0.3, -0.25) is 4.79 Å². The van der Waals surface area contributed by atoms with E-state index in [1.165, 1.54) is 6.42 Å². The highest BCUT2D eigenvalue weighted by Crippen LogP contribution is 2.35. The van der Waals surface area contributed by atoms with Gasteiger partial charge in [-0.15, -0.1) is 0 Å². The lowest BCUT2D eigenvalue weighted by Crippen LogP contribution is -2.30. The summed E-state index contributed by atoms with van der Waals surface area (Å²) in [5, 5.41) is 0. The third-order valence-corrected chi connectivity index (χ3v) is 4.09. The van der Waals surface area contributed by atoms with E-state index in [9.17, 15) is 4.79 Å². The Labute approximate surface area is 93.6 Å². The minimum Gasteiger partial charge on any atom is -0.330 e. The van der Waals surface area contributed by atoms with Gasteiger partial charge in [0.15, 0.2) is 0 Å². The molecule has 1 fully saturated rings. The summed E-state index contributed by atoms with van der Waals surface area (Å²) in [6, 6.07) is 0. The van der Waals surface area contributed by atoms with Gasteiger partial charge in [-0.2, -0.15) is 0 Å². The molecule has 88 valence electrons. The van der Waals surface area contributed by atoms with E-state index in [0.29, 0.717) is 24.2 Å². The Balaban J connectivity index is 2.47. The molecule has 1 rings (SSSR count). The monoisotopic (exact) mass is 211 g/mol. The zero-order valence-corrected chi connectivity index (χ0v) is 10.3. The summed E-state index contributed by atoms with van der Waals surface area (Å²) in [5.41, 5.74) is 5.49. The van der Waals surface area contributed by atoms with Gasteiger partial charge in [-0.1, -0.05) is 20.8 Å². The minimum absolute atomic E-state index is 0.167. The molecule has 1 saturated carbocycles. The van der Waals surface area contributed by atoms with Crippen molar-refractivity contribution in [1.29, 1.82) is 0 Å². The molecule has 1 aliphatic rings. The second kappa shape index (κ2) is 5.64. The van der Waals surface area contributed by atoms with Crippen LogP contribution in [0.4, 0.5) is 0 Å². The van der Waals surface area contributed by atoms with Crippen molar-refractivity contribution in [2.24, 2.45) is 29.4 Å². The van der Waals surface area contributed by atoms with Crippen molar-refractivity contribution in [3.63, 3.8) is 0 Å². The molecule has 0 spiro atoms. The van der Waals surface area contributed by atoms with Gasteiger partial charge < -0.3 is 5.73 Å². The highest BCUT2D eigenvalue weighted by Gasteiger charge is 2.30. The summed E-state index contributed by atoms with van der Waals surface area (Å²) < 4.78 is 0. The van der Waals surface area contributed by atoms with Crippen LogP contribution < -0.4 is 5.73 Å². The Morgan fingerprint density at radius 2 is 2.00 bits per heavy atom. The fourth-order valence-corrected chi connectivity index (χ4v) is 2.60. The zero-order valence-electron chi connectivity index (χ0n) is 10.3. The third kappa shape index (κ3) is 3.30. The number of hydrogen-bond acceptors (Lipinski definition) is 2. The zero-order chi connectivity index (χ0) is 11.4. The lowest BCUT2D eigenvalue weighted by atomic mass is 9.72. The first-order chi connectivity index (χ1) is 7.06. The van der Waals surface area contributed by atoms with E-state index in [0.717, 1.165) is 25.2 Å². The van der Waals surface area contributed by atoms with Gasteiger partial charge in [0, 0.05) is 11.8 Å². The first-order valence-corrected chi connectivity index (χ1v) is 6.30. The fraction of sp³-hybridized carbons (Fsp3) is 0.923. The summed E-state index contributed by atoms with van der Waals surface area (Å²) in [5.74, 6) is 2.44. The van der Waals surface area contributed by atoms with Gasteiger partial charge >= 0.3 is 0 Å². The standard InChI is InChI=1S/C13H25NO/c1-9-4-5-12(8-11(9)3)13(15)10(2)6-7-14/h9-12H,4-8,14H2,1-3H3. The Morgan fingerprint density at radius 3 is 2.53 bits per heavy atom. The number of carbonyl (C=O) groups is 1. The predicted octanol–water partition coefficient (Wildman–Crippen LogP) is 2.61. The van der Waals surface area contributed by atoms with Crippen molar-refractivity contribution in [1.82, 2.24) is 0 Å². The molecule has 0 aliphatic heterocycles. The van der Waals surface area contributed by atoms with Crippen LogP contribution in [0.15, 0.2) is 0 Å². The molecule has 0 aromatic heterocycles. The van der Waals surface area contributed by atoms with Crippen LogP contribution in [-0.2, 0) is 4.79 Å². The van der Waals surface area contributed by atoms with Crippen molar-refractivity contribution < 1.29 is 4.79 Å². The normalized spacial score (nSPS) is 33.7. The van der Waals surface area contributed by atoms with Gasteiger partial charge in [0.2, 0.25) is 0 Å². The Kier molecular flexibility index (Phi) is 4.78. The predicted molar refractivity (Wildman–Crippen MR) is 63.5 cm³/mol. The molecule has 0 aromatic carbocycles. The highest BCUT2D eigenvalue weighted by molar-refractivity contribution is 5.83. The van der Waals surface area contributed by atoms with Crippen LogP contribution >= 0.6 is 0 Å². The number of hydrogen-bond donors (Lipinski definition) is 1. The second-order valence-electron chi connectivity index (χ2n) is 5.35. The van der Waals surface area contributed by atoms with Crippen molar-refractivity contribution >= 4 is 5.78 Å². The molecular weight excluding hydrogens is 186 g/mol. The Morgan fingerprint density at radius 1 is 1.33 bits per heavy atom. The molecule has 0 radical (unpaired) electrons. The third-order valence-electron chi connectivity index (χ3n) is 4.09. The molecule has 2 nitrogen and oxygen atoms in total. The Bertz CT molecular complexity index is 215. The van der Waals surface area contributed by atoms with Gasteiger partial charge in [0.05, 0.1) is 0 Å². The van der Waals surface area contributed by atoms with E-state index in [2.05, 4.69) is 13.8 Å². The smallest absolute Gasteiger partial charge is 0.138 e. The van der Waals surface area contributed by atoms with Crippen LogP contribution in [0.25, 0.3) is 0 Å². The van der Waals surface area contributed by atoms with Gasteiger partial charge in [-0.05, 0) is 44.1 Å². The van der Waals surface area contributed by atoms with E-state index in [1.54, 1.807) is 0 Å². The van der Waals surface area contributed by atoms with Crippen molar-refractivity contribution in [2.45, 2.75) is 46.5 Å². The molecule has 2 heteroatoms. The first kappa shape index (κ1) is 12.7. The molecule has 4 atom stereocenters. The topological polar surface area (TPSA) is 43.1 Å². The lowest BCUT2D eigenvalue weighted by Gasteiger charge is -2.32. The fourth-order valence-electron chi connectivity index (χ4n) is 2.60. The SMILES string of the molecule is CC(CCN)C(=O)C1CCC(C)C(C)C1. The van der Waals surface area contributed by atoms with Crippen molar-refractivity contribution in [2.75, 3.05) is 6.54 Å². The minimum atomic E-state index is 0.167. The Hall–Kier alpha value is -0.370. The number of nitrogens with two attached hydrogens (primary N) is 1.